The molecule has 2 heteroatoms. The molecule has 0 bridgehead atoms. The number of nitrogens with zero attached hydrogens (tertiary/aromatic N) is 1. The number of hydrogen-bond acceptors (Lipinski definition) is 1. The number of rotatable bonds is 6. The highest BCUT2D eigenvalue weighted by atomic mass is 16.2. The van der Waals surface area contributed by atoms with Gasteiger partial charge in [0.1, 0.15) is 6.04 Å². The monoisotopic (exact) mass is 172 g/mol. The van der Waals surface area contributed by atoms with Crippen LogP contribution in [0.3, 0.4) is 0 Å². The number of unbranched alkanes of at least 4 members (excludes halogenated alkanes) is 1. The van der Waals surface area contributed by atoms with E-state index in [-0.39, 0.29) is 0 Å². The Morgan fingerprint density at radius 1 is 1.33 bits per heavy atom. The van der Waals surface area contributed by atoms with Crippen LogP contribution in [0.25, 0.3) is 0 Å². The molecule has 0 aromatic rings. The first-order chi connectivity index (χ1) is 5.52. The average molecular weight is 172 g/mol. The maximum absolute atomic E-state index is 8.62. The largest absolute Gasteiger partial charge is 0.396 e. The van der Waals surface area contributed by atoms with Gasteiger partial charge in [0.2, 0.25) is 0 Å². The third kappa shape index (κ3) is 4.52. The van der Waals surface area contributed by atoms with Crippen LogP contribution in [0, 0.1) is 0 Å². The molecule has 0 aliphatic heterocycles. The minimum atomic E-state index is 0.307. The van der Waals surface area contributed by atoms with E-state index in [1.165, 1.54) is 0 Å². The van der Waals surface area contributed by atoms with Gasteiger partial charge >= 0.3 is 0 Å². The highest BCUT2D eigenvalue weighted by Crippen LogP contribution is 2.11. The normalized spacial score (nSPS) is 14.3. The van der Waals surface area contributed by atoms with Gasteiger partial charge < -0.3 is 9.59 Å². The highest BCUT2D eigenvalue weighted by molar-refractivity contribution is 4.79. The van der Waals surface area contributed by atoms with Gasteiger partial charge in [-0.15, -0.1) is 0 Å². The summed E-state index contributed by atoms with van der Waals surface area (Å²) in [5.41, 5.74) is 0. The minimum Gasteiger partial charge on any atom is -0.396 e. The summed E-state index contributed by atoms with van der Waals surface area (Å²) in [5, 5.41) is 8.62. The van der Waals surface area contributed by atoms with Crippen molar-refractivity contribution in [2.45, 2.75) is 25.3 Å². The Labute approximate surface area is 76.1 Å². The zero-order chi connectivity index (χ0) is 9.61. The van der Waals surface area contributed by atoms with E-state index in [1.54, 1.807) is 0 Å². The molecule has 0 fully saturated rings. The van der Waals surface area contributed by atoms with E-state index in [9.17, 15) is 0 Å². The molecule has 0 aromatic heterocycles. The zero-order valence-electron chi connectivity index (χ0n) is 8.58. The molecule has 1 N–H and O–H groups in total. The van der Waals surface area contributed by atoms with Gasteiger partial charge in [0.15, 0.2) is 0 Å². The Kier molecular flexibility index (Phi) is 5.18. The van der Waals surface area contributed by atoms with Crippen LogP contribution in [0.2, 0.25) is 0 Å². The molecule has 72 valence electrons. The lowest BCUT2D eigenvalue weighted by atomic mass is 10.1. The van der Waals surface area contributed by atoms with Gasteiger partial charge in [0.25, 0.3) is 0 Å². The summed E-state index contributed by atoms with van der Waals surface area (Å²) >= 11 is 0. The van der Waals surface area contributed by atoms with Crippen molar-refractivity contribution < 1.29 is 9.59 Å². The molecule has 12 heavy (non-hydrogen) atoms. The maximum Gasteiger partial charge on any atom is 0.107 e. The number of aliphatic hydroxyl groups excluding tert-OH is 1. The van der Waals surface area contributed by atoms with Crippen LogP contribution in [0.15, 0.2) is 12.7 Å². The van der Waals surface area contributed by atoms with Crippen molar-refractivity contribution >= 4 is 0 Å². The molecule has 1 unspecified atom stereocenters. The van der Waals surface area contributed by atoms with E-state index in [1.807, 2.05) is 6.08 Å². The van der Waals surface area contributed by atoms with Gasteiger partial charge in [-0.1, -0.05) is 6.58 Å². The van der Waals surface area contributed by atoms with Crippen molar-refractivity contribution in [3.63, 3.8) is 0 Å². The lowest BCUT2D eigenvalue weighted by Gasteiger charge is -2.32. The topological polar surface area (TPSA) is 20.2 Å². The van der Waals surface area contributed by atoms with Crippen LogP contribution in [0.4, 0.5) is 0 Å². The SMILES string of the molecule is C=CC(CCCCO)[N+](C)(C)C. The van der Waals surface area contributed by atoms with Crippen LogP contribution in [0.1, 0.15) is 19.3 Å². The predicted octanol–water partition coefficient (Wildman–Crippen LogP) is 1.41. The molecule has 0 aliphatic carbocycles. The van der Waals surface area contributed by atoms with E-state index >= 15 is 0 Å². The van der Waals surface area contributed by atoms with Crippen LogP contribution in [-0.2, 0) is 0 Å². The predicted molar refractivity (Wildman–Crippen MR) is 53.0 cm³/mol. The fraction of sp³-hybridized carbons (Fsp3) is 0.800. The van der Waals surface area contributed by atoms with E-state index in [4.69, 9.17) is 5.11 Å². The highest BCUT2D eigenvalue weighted by Gasteiger charge is 2.18. The number of aliphatic hydroxyl groups is 1. The summed E-state index contributed by atoms with van der Waals surface area (Å²) in [4.78, 5) is 0. The Morgan fingerprint density at radius 3 is 2.25 bits per heavy atom. The molecule has 0 heterocycles. The molecule has 2 nitrogen and oxygen atoms in total. The van der Waals surface area contributed by atoms with Crippen LogP contribution in [-0.4, -0.2) is 43.4 Å². The Morgan fingerprint density at radius 2 is 1.92 bits per heavy atom. The van der Waals surface area contributed by atoms with Crippen LogP contribution in [0.5, 0.6) is 0 Å². The molecule has 0 saturated heterocycles. The van der Waals surface area contributed by atoms with Gasteiger partial charge in [-0.25, -0.2) is 0 Å². The Hall–Kier alpha value is -0.340. The standard InChI is InChI=1S/C10H22NO/c1-5-10(11(2,3)4)8-6-7-9-12/h5,10,12H,1,6-9H2,2-4H3/q+1. The summed E-state index contributed by atoms with van der Waals surface area (Å²) < 4.78 is 0.926. The molecule has 0 saturated carbocycles. The summed E-state index contributed by atoms with van der Waals surface area (Å²) in [6.45, 7) is 4.13. The van der Waals surface area contributed by atoms with Gasteiger partial charge in [0, 0.05) is 13.0 Å². The lowest BCUT2D eigenvalue weighted by molar-refractivity contribution is -0.889. The molecule has 1 atom stereocenters. The fourth-order valence-electron chi connectivity index (χ4n) is 1.29. The van der Waals surface area contributed by atoms with Crippen molar-refractivity contribution in [3.8, 4) is 0 Å². The molecular weight excluding hydrogens is 150 g/mol. The summed E-state index contributed by atoms with van der Waals surface area (Å²) in [5.74, 6) is 0. The summed E-state index contributed by atoms with van der Waals surface area (Å²) in [7, 11) is 6.52. The van der Waals surface area contributed by atoms with E-state index in [0.717, 1.165) is 23.7 Å². The quantitative estimate of drug-likeness (QED) is 0.365. The molecule has 0 rings (SSSR count). The van der Waals surface area contributed by atoms with Gasteiger partial charge in [0.05, 0.1) is 21.1 Å². The van der Waals surface area contributed by atoms with E-state index in [0.29, 0.717) is 12.6 Å². The van der Waals surface area contributed by atoms with Crippen molar-refractivity contribution in [1.29, 1.82) is 0 Å². The van der Waals surface area contributed by atoms with Crippen LogP contribution < -0.4 is 0 Å². The smallest absolute Gasteiger partial charge is 0.107 e. The minimum absolute atomic E-state index is 0.307. The van der Waals surface area contributed by atoms with Gasteiger partial charge in [-0.3, -0.25) is 0 Å². The van der Waals surface area contributed by atoms with Gasteiger partial charge in [-0.05, 0) is 18.9 Å². The molecular formula is C10H22NO+. The second-order valence-corrected chi connectivity index (χ2v) is 4.14. The Bertz CT molecular complexity index is 126. The van der Waals surface area contributed by atoms with Crippen molar-refractivity contribution in [1.82, 2.24) is 0 Å². The first kappa shape index (κ1) is 11.7. The van der Waals surface area contributed by atoms with Crippen molar-refractivity contribution in [3.05, 3.63) is 12.7 Å². The van der Waals surface area contributed by atoms with Gasteiger partial charge in [-0.2, -0.15) is 0 Å². The second-order valence-electron chi connectivity index (χ2n) is 4.14. The summed E-state index contributed by atoms with van der Waals surface area (Å²) in [6.07, 6.45) is 5.12. The average Bonchev–Trinajstić information content (AvgIpc) is 1.95. The molecule has 0 radical (unpaired) electrons. The molecule has 0 amide bonds. The van der Waals surface area contributed by atoms with E-state index < -0.39 is 0 Å². The molecule has 0 aliphatic rings. The third-order valence-electron chi connectivity index (χ3n) is 2.18. The van der Waals surface area contributed by atoms with Crippen molar-refractivity contribution in [2.75, 3.05) is 27.7 Å². The van der Waals surface area contributed by atoms with Crippen LogP contribution >= 0.6 is 0 Å². The first-order valence-corrected chi connectivity index (χ1v) is 4.57. The zero-order valence-corrected chi connectivity index (χ0v) is 8.58. The first-order valence-electron chi connectivity index (χ1n) is 4.57. The third-order valence-corrected chi connectivity index (χ3v) is 2.18. The maximum atomic E-state index is 8.62. The lowest BCUT2D eigenvalue weighted by Crippen LogP contribution is -2.43. The number of likely N-dealkylation sites (N-methyl/N-ethyl adjacent to an activating group) is 1. The van der Waals surface area contributed by atoms with Crippen molar-refractivity contribution in [2.24, 2.45) is 0 Å². The second kappa shape index (κ2) is 5.33. The summed E-state index contributed by atoms with van der Waals surface area (Å²) in [6, 6.07) is 0.511. The molecule has 0 aromatic carbocycles. The molecule has 0 spiro atoms. The van der Waals surface area contributed by atoms with E-state index in [2.05, 4.69) is 27.7 Å². The Balaban J connectivity index is 3.76. The fourth-order valence-corrected chi connectivity index (χ4v) is 1.29. The number of hydrogen-bond donors (Lipinski definition) is 1. The number of quaternary nitrogens is 1.